The topological polar surface area (TPSA) is 84.9 Å². The largest absolute Gasteiger partial charge is 0.497 e. The number of carbonyl (C=O) groups is 2. The highest BCUT2D eigenvalue weighted by molar-refractivity contribution is 5.97. The molecule has 2 aromatic carbocycles. The molecule has 0 aliphatic heterocycles. The first-order valence-corrected chi connectivity index (χ1v) is 8.33. The predicted octanol–water partition coefficient (Wildman–Crippen LogP) is 2.69. The van der Waals surface area contributed by atoms with Crippen LogP contribution in [0.15, 0.2) is 42.5 Å². The van der Waals surface area contributed by atoms with Crippen molar-refractivity contribution >= 4 is 11.9 Å². The van der Waals surface area contributed by atoms with Gasteiger partial charge in [-0.05, 0) is 42.2 Å². The Kier molecular flexibility index (Phi) is 7.02. The third kappa shape index (κ3) is 5.51. The summed E-state index contributed by atoms with van der Waals surface area (Å²) in [6.07, 6.45) is 1.32. The van der Waals surface area contributed by atoms with E-state index >= 15 is 0 Å². The SMILES string of the molecule is COc1ccc(OC)c(C(=O)NCCc2ccc(CCC(=O)O)cc2)c1. The van der Waals surface area contributed by atoms with Crippen LogP contribution in [0.25, 0.3) is 0 Å². The van der Waals surface area contributed by atoms with Gasteiger partial charge in [0, 0.05) is 13.0 Å². The van der Waals surface area contributed by atoms with Crippen LogP contribution in [0.5, 0.6) is 11.5 Å². The van der Waals surface area contributed by atoms with Crippen LogP contribution < -0.4 is 14.8 Å². The quantitative estimate of drug-likeness (QED) is 0.721. The second kappa shape index (κ2) is 9.46. The molecule has 6 heteroatoms. The van der Waals surface area contributed by atoms with Crippen molar-refractivity contribution in [3.8, 4) is 11.5 Å². The van der Waals surface area contributed by atoms with Crippen LogP contribution in [0.4, 0.5) is 0 Å². The minimum absolute atomic E-state index is 0.123. The number of methoxy groups -OCH3 is 2. The van der Waals surface area contributed by atoms with Gasteiger partial charge in [0.05, 0.1) is 19.8 Å². The molecular formula is C20H23NO5. The third-order valence-corrected chi connectivity index (χ3v) is 4.00. The van der Waals surface area contributed by atoms with E-state index in [1.165, 1.54) is 7.11 Å². The van der Waals surface area contributed by atoms with Gasteiger partial charge in [0.15, 0.2) is 0 Å². The Hall–Kier alpha value is -3.02. The van der Waals surface area contributed by atoms with Gasteiger partial charge in [0.25, 0.3) is 5.91 Å². The summed E-state index contributed by atoms with van der Waals surface area (Å²) in [5, 5.41) is 11.6. The molecule has 0 atom stereocenters. The third-order valence-electron chi connectivity index (χ3n) is 4.00. The fourth-order valence-electron chi connectivity index (χ4n) is 2.53. The van der Waals surface area contributed by atoms with Crippen molar-refractivity contribution in [1.82, 2.24) is 5.32 Å². The number of nitrogens with one attached hydrogen (secondary N) is 1. The summed E-state index contributed by atoms with van der Waals surface area (Å²) in [5.41, 5.74) is 2.49. The molecule has 2 aromatic rings. The molecule has 0 unspecified atom stereocenters. The molecule has 0 aliphatic carbocycles. The molecule has 0 aliphatic rings. The lowest BCUT2D eigenvalue weighted by Crippen LogP contribution is -2.26. The fourth-order valence-corrected chi connectivity index (χ4v) is 2.53. The number of amides is 1. The molecule has 26 heavy (non-hydrogen) atoms. The molecule has 0 bridgehead atoms. The zero-order valence-electron chi connectivity index (χ0n) is 15.0. The number of ether oxygens (including phenoxy) is 2. The number of aliphatic carboxylic acids is 1. The van der Waals surface area contributed by atoms with Crippen LogP contribution in [-0.2, 0) is 17.6 Å². The Morgan fingerprint density at radius 3 is 2.19 bits per heavy atom. The number of hydrogen-bond acceptors (Lipinski definition) is 4. The summed E-state index contributed by atoms with van der Waals surface area (Å²) in [5.74, 6) is 0.0579. The molecule has 0 saturated carbocycles. The van der Waals surface area contributed by atoms with Crippen LogP contribution in [0, 0.1) is 0 Å². The zero-order valence-corrected chi connectivity index (χ0v) is 15.0. The van der Waals surface area contributed by atoms with Crippen molar-refractivity contribution in [3.63, 3.8) is 0 Å². The number of hydrogen-bond donors (Lipinski definition) is 2. The lowest BCUT2D eigenvalue weighted by atomic mass is 10.1. The molecular weight excluding hydrogens is 334 g/mol. The summed E-state index contributed by atoms with van der Waals surface area (Å²) < 4.78 is 10.4. The number of carboxylic acid groups (broad SMARTS) is 1. The zero-order chi connectivity index (χ0) is 18.9. The summed E-state index contributed by atoms with van der Waals surface area (Å²) in [6.45, 7) is 0.480. The van der Waals surface area contributed by atoms with Gasteiger partial charge in [0.1, 0.15) is 11.5 Å². The van der Waals surface area contributed by atoms with Crippen molar-refractivity contribution in [2.45, 2.75) is 19.3 Å². The van der Waals surface area contributed by atoms with Crippen molar-refractivity contribution in [2.24, 2.45) is 0 Å². The molecule has 2 rings (SSSR count). The van der Waals surface area contributed by atoms with Crippen LogP contribution in [0.2, 0.25) is 0 Å². The first-order valence-electron chi connectivity index (χ1n) is 8.33. The Balaban J connectivity index is 1.89. The molecule has 0 fully saturated rings. The van der Waals surface area contributed by atoms with Gasteiger partial charge in [-0.2, -0.15) is 0 Å². The molecule has 138 valence electrons. The molecule has 6 nitrogen and oxygen atoms in total. The smallest absolute Gasteiger partial charge is 0.303 e. The molecule has 0 aromatic heterocycles. The highest BCUT2D eigenvalue weighted by atomic mass is 16.5. The number of aryl methyl sites for hydroxylation is 1. The summed E-state index contributed by atoms with van der Waals surface area (Å²) in [7, 11) is 3.06. The van der Waals surface area contributed by atoms with E-state index in [2.05, 4.69) is 5.32 Å². The number of rotatable bonds is 9. The van der Waals surface area contributed by atoms with Gasteiger partial charge < -0.3 is 19.9 Å². The first kappa shape index (κ1) is 19.3. The highest BCUT2D eigenvalue weighted by Crippen LogP contribution is 2.23. The van der Waals surface area contributed by atoms with E-state index in [-0.39, 0.29) is 12.3 Å². The maximum atomic E-state index is 12.4. The fraction of sp³-hybridized carbons (Fsp3) is 0.300. The van der Waals surface area contributed by atoms with Crippen LogP contribution in [0.1, 0.15) is 27.9 Å². The van der Waals surface area contributed by atoms with Crippen molar-refractivity contribution < 1.29 is 24.2 Å². The highest BCUT2D eigenvalue weighted by Gasteiger charge is 2.13. The van der Waals surface area contributed by atoms with Gasteiger partial charge >= 0.3 is 5.97 Å². The van der Waals surface area contributed by atoms with Gasteiger partial charge in [-0.25, -0.2) is 0 Å². The van der Waals surface area contributed by atoms with E-state index in [9.17, 15) is 9.59 Å². The Bertz CT molecular complexity index is 755. The summed E-state index contributed by atoms with van der Waals surface area (Å²) in [6, 6.07) is 12.8. The van der Waals surface area contributed by atoms with Gasteiger partial charge in [-0.1, -0.05) is 24.3 Å². The first-order chi connectivity index (χ1) is 12.5. The number of carboxylic acids is 1. The van der Waals surface area contributed by atoms with Crippen molar-refractivity contribution in [3.05, 3.63) is 59.2 Å². The molecule has 2 N–H and O–H groups in total. The van der Waals surface area contributed by atoms with E-state index < -0.39 is 5.97 Å². The number of benzene rings is 2. The Morgan fingerprint density at radius 1 is 0.962 bits per heavy atom. The van der Waals surface area contributed by atoms with Crippen molar-refractivity contribution in [2.75, 3.05) is 20.8 Å². The molecule has 0 spiro atoms. The van der Waals surface area contributed by atoms with E-state index in [4.69, 9.17) is 14.6 Å². The maximum Gasteiger partial charge on any atom is 0.303 e. The van der Waals surface area contributed by atoms with Gasteiger partial charge in [-0.15, -0.1) is 0 Å². The Morgan fingerprint density at radius 2 is 1.62 bits per heavy atom. The van der Waals surface area contributed by atoms with Crippen molar-refractivity contribution in [1.29, 1.82) is 0 Å². The lowest BCUT2D eigenvalue weighted by Gasteiger charge is -2.11. The minimum atomic E-state index is -0.801. The normalized spacial score (nSPS) is 10.2. The molecule has 0 radical (unpaired) electrons. The van der Waals surface area contributed by atoms with E-state index in [0.717, 1.165) is 11.1 Å². The van der Waals surface area contributed by atoms with E-state index in [1.54, 1.807) is 25.3 Å². The van der Waals surface area contributed by atoms with Gasteiger partial charge in [-0.3, -0.25) is 9.59 Å². The van der Waals surface area contributed by atoms with E-state index in [0.29, 0.717) is 36.4 Å². The lowest BCUT2D eigenvalue weighted by molar-refractivity contribution is -0.136. The van der Waals surface area contributed by atoms with Crippen LogP contribution in [0.3, 0.4) is 0 Å². The number of carbonyl (C=O) groups excluding carboxylic acids is 1. The average Bonchev–Trinajstić information content (AvgIpc) is 2.66. The second-order valence-electron chi connectivity index (χ2n) is 5.78. The van der Waals surface area contributed by atoms with Crippen LogP contribution >= 0.6 is 0 Å². The maximum absolute atomic E-state index is 12.4. The summed E-state index contributed by atoms with van der Waals surface area (Å²) >= 11 is 0. The van der Waals surface area contributed by atoms with E-state index in [1.807, 2.05) is 24.3 Å². The molecule has 0 heterocycles. The van der Waals surface area contributed by atoms with Gasteiger partial charge in [0.2, 0.25) is 0 Å². The Labute approximate surface area is 152 Å². The van der Waals surface area contributed by atoms with Crippen LogP contribution in [-0.4, -0.2) is 37.7 Å². The monoisotopic (exact) mass is 357 g/mol. The average molecular weight is 357 g/mol. The molecule has 1 amide bonds. The second-order valence-corrected chi connectivity index (χ2v) is 5.78. The standard InChI is InChI=1S/C20H23NO5/c1-25-16-8-9-18(26-2)17(13-16)20(24)21-12-11-15-5-3-14(4-6-15)7-10-19(22)23/h3-6,8-9,13H,7,10-12H2,1-2H3,(H,21,24)(H,22,23). The predicted molar refractivity (Wildman–Crippen MR) is 98.0 cm³/mol. The molecule has 0 saturated heterocycles. The summed E-state index contributed by atoms with van der Waals surface area (Å²) in [4.78, 5) is 23.0. The minimum Gasteiger partial charge on any atom is -0.497 e.